The van der Waals surface area contributed by atoms with E-state index in [1.165, 1.54) is 6.20 Å². The Morgan fingerprint density at radius 1 is 1.41 bits per heavy atom. The Balaban J connectivity index is 2.21. The van der Waals surface area contributed by atoms with Gasteiger partial charge in [0.25, 0.3) is 0 Å². The van der Waals surface area contributed by atoms with E-state index in [9.17, 15) is 4.79 Å². The summed E-state index contributed by atoms with van der Waals surface area (Å²) in [5.74, 6) is 0.206. The van der Waals surface area contributed by atoms with Crippen LogP contribution in [-0.4, -0.2) is 44.4 Å². The molecule has 1 rings (SSSR count). The van der Waals surface area contributed by atoms with Crippen molar-refractivity contribution in [3.8, 4) is 0 Å². The van der Waals surface area contributed by atoms with Crippen molar-refractivity contribution < 1.29 is 14.3 Å². The van der Waals surface area contributed by atoms with E-state index in [0.29, 0.717) is 37.7 Å². The van der Waals surface area contributed by atoms with Crippen molar-refractivity contribution in [3.63, 3.8) is 0 Å². The van der Waals surface area contributed by atoms with E-state index in [-0.39, 0.29) is 0 Å². The van der Waals surface area contributed by atoms with Crippen molar-refractivity contribution in [2.45, 2.75) is 0 Å². The lowest BCUT2D eigenvalue weighted by Gasteiger charge is -2.06. The van der Waals surface area contributed by atoms with E-state index in [0.717, 1.165) is 0 Å². The van der Waals surface area contributed by atoms with E-state index in [1.54, 1.807) is 19.2 Å². The first-order valence-electron chi connectivity index (χ1n) is 5.30. The van der Waals surface area contributed by atoms with Crippen LogP contribution in [0.2, 0.25) is 0 Å². The molecule has 0 fully saturated rings. The average molecular weight is 239 g/mol. The normalized spacial score (nSPS) is 10.2. The number of hydrogen-bond donors (Lipinski definition) is 2. The second kappa shape index (κ2) is 7.59. The summed E-state index contributed by atoms with van der Waals surface area (Å²) in [6.07, 6.45) is 1.44. The van der Waals surface area contributed by atoms with Gasteiger partial charge in [0.05, 0.1) is 25.4 Å². The number of anilines is 1. The van der Waals surface area contributed by atoms with Crippen molar-refractivity contribution in [1.29, 1.82) is 0 Å². The number of methoxy groups -OCH3 is 1. The Bertz CT molecular complexity index is 340. The topological polar surface area (TPSA) is 86.5 Å². The first kappa shape index (κ1) is 13.4. The lowest BCUT2D eigenvalue weighted by Crippen LogP contribution is -2.14. The van der Waals surface area contributed by atoms with Crippen molar-refractivity contribution in [2.24, 2.45) is 5.73 Å². The minimum Gasteiger partial charge on any atom is -0.382 e. The zero-order valence-corrected chi connectivity index (χ0v) is 9.81. The standard InChI is InChI=1S/C11H17N3O3/c1-16-6-7-17-5-4-13-10-3-2-9(8-14-10)11(12)15/h2-3,8H,4-7H2,1H3,(H2,12,15)(H,13,14). The molecule has 0 aliphatic carbocycles. The van der Waals surface area contributed by atoms with Crippen molar-refractivity contribution >= 4 is 11.7 Å². The van der Waals surface area contributed by atoms with E-state index in [1.807, 2.05) is 0 Å². The maximum Gasteiger partial charge on any atom is 0.250 e. The molecule has 0 unspecified atom stereocenters. The fraction of sp³-hybridized carbons (Fsp3) is 0.455. The van der Waals surface area contributed by atoms with Gasteiger partial charge in [0.2, 0.25) is 5.91 Å². The quantitative estimate of drug-likeness (QED) is 0.635. The second-order valence-electron chi connectivity index (χ2n) is 3.33. The minimum absolute atomic E-state index is 0.395. The molecule has 1 amide bonds. The number of nitrogens with one attached hydrogen (secondary N) is 1. The molecule has 1 aromatic heterocycles. The summed E-state index contributed by atoms with van der Waals surface area (Å²) in [5, 5.41) is 3.06. The molecular formula is C11H17N3O3. The number of carbonyl (C=O) groups excluding carboxylic acids is 1. The number of primary amides is 1. The van der Waals surface area contributed by atoms with Crippen molar-refractivity contribution in [2.75, 3.05) is 38.8 Å². The summed E-state index contributed by atoms with van der Waals surface area (Å²) in [6, 6.07) is 3.33. The van der Waals surface area contributed by atoms with E-state index >= 15 is 0 Å². The van der Waals surface area contributed by atoms with Crippen LogP contribution in [0.25, 0.3) is 0 Å². The van der Waals surface area contributed by atoms with E-state index in [4.69, 9.17) is 15.2 Å². The molecule has 94 valence electrons. The van der Waals surface area contributed by atoms with E-state index < -0.39 is 5.91 Å². The molecule has 0 radical (unpaired) electrons. The van der Waals surface area contributed by atoms with Gasteiger partial charge < -0.3 is 20.5 Å². The van der Waals surface area contributed by atoms with Gasteiger partial charge in [-0.1, -0.05) is 0 Å². The Hall–Kier alpha value is -1.66. The number of nitrogens with two attached hydrogens (primary N) is 1. The Labute approximate surface area is 100 Å². The van der Waals surface area contributed by atoms with Crippen LogP contribution in [0.4, 0.5) is 5.82 Å². The molecule has 0 saturated heterocycles. The highest BCUT2D eigenvalue weighted by molar-refractivity contribution is 5.92. The average Bonchev–Trinajstić information content (AvgIpc) is 2.34. The Kier molecular flexibility index (Phi) is 5.98. The van der Waals surface area contributed by atoms with Gasteiger partial charge in [0.15, 0.2) is 0 Å². The predicted octanol–water partition coefficient (Wildman–Crippen LogP) is 0.255. The number of carbonyl (C=O) groups is 1. The van der Waals surface area contributed by atoms with Gasteiger partial charge in [0, 0.05) is 19.9 Å². The van der Waals surface area contributed by atoms with Crippen LogP contribution in [0, 0.1) is 0 Å². The van der Waals surface area contributed by atoms with Crippen LogP contribution < -0.4 is 11.1 Å². The molecule has 0 spiro atoms. The number of amides is 1. The highest BCUT2D eigenvalue weighted by Crippen LogP contribution is 2.03. The number of rotatable bonds is 8. The zero-order chi connectivity index (χ0) is 12.5. The predicted molar refractivity (Wildman–Crippen MR) is 63.9 cm³/mol. The molecule has 0 bridgehead atoms. The van der Waals surface area contributed by atoms with Gasteiger partial charge in [-0.2, -0.15) is 0 Å². The molecule has 3 N–H and O–H groups in total. The molecule has 0 atom stereocenters. The van der Waals surface area contributed by atoms with Crippen LogP contribution in [0.1, 0.15) is 10.4 Å². The maximum atomic E-state index is 10.8. The van der Waals surface area contributed by atoms with Crippen LogP contribution in [0.15, 0.2) is 18.3 Å². The SMILES string of the molecule is COCCOCCNc1ccc(C(N)=O)cn1. The summed E-state index contributed by atoms with van der Waals surface area (Å²) >= 11 is 0. The van der Waals surface area contributed by atoms with Gasteiger partial charge in [-0.3, -0.25) is 4.79 Å². The third-order valence-corrected chi connectivity index (χ3v) is 2.03. The molecule has 1 aromatic rings. The van der Waals surface area contributed by atoms with Gasteiger partial charge in [-0.15, -0.1) is 0 Å². The molecule has 0 aliphatic heterocycles. The first-order valence-corrected chi connectivity index (χ1v) is 5.30. The monoisotopic (exact) mass is 239 g/mol. The Morgan fingerprint density at radius 2 is 2.24 bits per heavy atom. The maximum absolute atomic E-state index is 10.8. The van der Waals surface area contributed by atoms with Gasteiger partial charge in [-0.05, 0) is 12.1 Å². The van der Waals surface area contributed by atoms with E-state index in [2.05, 4.69) is 10.3 Å². The lowest BCUT2D eigenvalue weighted by atomic mass is 10.3. The molecule has 0 aromatic carbocycles. The fourth-order valence-electron chi connectivity index (χ4n) is 1.14. The third kappa shape index (κ3) is 5.28. The van der Waals surface area contributed by atoms with Crippen LogP contribution in [0.5, 0.6) is 0 Å². The van der Waals surface area contributed by atoms with Gasteiger partial charge in [0.1, 0.15) is 5.82 Å². The molecule has 6 nitrogen and oxygen atoms in total. The summed E-state index contributed by atoms with van der Waals surface area (Å²) in [6.45, 7) is 2.38. The molecule has 17 heavy (non-hydrogen) atoms. The lowest BCUT2D eigenvalue weighted by molar-refractivity contribution is 0.0759. The minimum atomic E-state index is -0.480. The summed E-state index contributed by atoms with van der Waals surface area (Å²) < 4.78 is 10.1. The third-order valence-electron chi connectivity index (χ3n) is 2.03. The van der Waals surface area contributed by atoms with Gasteiger partial charge in [-0.25, -0.2) is 4.98 Å². The molecule has 0 saturated carbocycles. The smallest absolute Gasteiger partial charge is 0.250 e. The highest BCUT2D eigenvalue weighted by atomic mass is 16.5. The van der Waals surface area contributed by atoms with Gasteiger partial charge >= 0.3 is 0 Å². The largest absolute Gasteiger partial charge is 0.382 e. The highest BCUT2D eigenvalue weighted by Gasteiger charge is 2.00. The number of aromatic nitrogens is 1. The molecule has 6 heteroatoms. The number of ether oxygens (including phenoxy) is 2. The summed E-state index contributed by atoms with van der Waals surface area (Å²) in [5.41, 5.74) is 5.50. The van der Waals surface area contributed by atoms with Crippen molar-refractivity contribution in [3.05, 3.63) is 23.9 Å². The molecular weight excluding hydrogens is 222 g/mol. The Morgan fingerprint density at radius 3 is 2.82 bits per heavy atom. The number of hydrogen-bond acceptors (Lipinski definition) is 5. The van der Waals surface area contributed by atoms with Crippen LogP contribution in [-0.2, 0) is 9.47 Å². The zero-order valence-electron chi connectivity index (χ0n) is 9.81. The second-order valence-corrected chi connectivity index (χ2v) is 3.33. The molecule has 1 heterocycles. The molecule has 0 aliphatic rings. The van der Waals surface area contributed by atoms with Crippen molar-refractivity contribution in [1.82, 2.24) is 4.98 Å². The summed E-state index contributed by atoms with van der Waals surface area (Å²) in [4.78, 5) is 14.8. The fourth-order valence-corrected chi connectivity index (χ4v) is 1.14. The van der Waals surface area contributed by atoms with Crippen LogP contribution >= 0.6 is 0 Å². The number of nitrogens with zero attached hydrogens (tertiary/aromatic N) is 1. The first-order chi connectivity index (χ1) is 8.24. The summed E-state index contributed by atoms with van der Waals surface area (Å²) in [7, 11) is 1.63. The van der Waals surface area contributed by atoms with Crippen LogP contribution in [0.3, 0.4) is 0 Å². The number of pyridine rings is 1.